The molecule has 1 aliphatic heterocycles. The van der Waals surface area contributed by atoms with Crippen molar-refractivity contribution in [3.63, 3.8) is 0 Å². The van der Waals surface area contributed by atoms with Crippen molar-refractivity contribution in [2.75, 3.05) is 18.7 Å². The molecule has 0 spiro atoms. The number of allylic oxidation sites excluding steroid dienone is 1. The minimum absolute atomic E-state index is 0.239. The van der Waals surface area contributed by atoms with Gasteiger partial charge in [0.05, 0.1) is 11.6 Å². The molecule has 0 saturated carbocycles. The molecule has 0 unspecified atom stereocenters. The Labute approximate surface area is 137 Å². The average Bonchev–Trinajstić information content (AvgIpc) is 2.47. The van der Waals surface area contributed by atoms with E-state index in [9.17, 15) is 13.6 Å². The number of benzene rings is 1. The summed E-state index contributed by atoms with van der Waals surface area (Å²) in [6.07, 6.45) is 1.86. The summed E-state index contributed by atoms with van der Waals surface area (Å²) >= 11 is 7.77. The Balaban J connectivity index is 2.28. The minimum atomic E-state index is -2.59. The molecule has 1 aromatic rings. The first kappa shape index (κ1) is 17.1. The monoisotopic (exact) mass is 347 g/mol. The van der Waals surface area contributed by atoms with Crippen LogP contribution >= 0.6 is 23.4 Å². The number of thioether (sulfide) groups is 1. The fraction of sp³-hybridized carbons (Fsp3) is 0.400. The van der Waals surface area contributed by atoms with Crippen molar-refractivity contribution in [3.05, 3.63) is 34.9 Å². The van der Waals surface area contributed by atoms with Crippen molar-refractivity contribution >= 4 is 35.0 Å². The van der Waals surface area contributed by atoms with Gasteiger partial charge in [-0.1, -0.05) is 17.7 Å². The van der Waals surface area contributed by atoms with Crippen LogP contribution in [0.25, 0.3) is 5.70 Å². The number of nitrogens with zero attached hydrogens (tertiary/aromatic N) is 1. The number of carbonyl (C=O) groups is 1. The molecule has 0 fully saturated rings. The molecule has 1 amide bonds. The number of amides is 1. The van der Waals surface area contributed by atoms with Gasteiger partial charge in [-0.3, -0.25) is 4.79 Å². The molecular weight excluding hydrogens is 332 g/mol. The highest BCUT2D eigenvalue weighted by Gasteiger charge is 2.26. The summed E-state index contributed by atoms with van der Waals surface area (Å²) in [5, 5.41) is 0.374. The van der Waals surface area contributed by atoms with Gasteiger partial charge < -0.3 is 9.64 Å². The van der Waals surface area contributed by atoms with Crippen LogP contribution in [0.15, 0.2) is 24.3 Å². The summed E-state index contributed by atoms with van der Waals surface area (Å²) in [7, 11) is 0. The van der Waals surface area contributed by atoms with E-state index in [-0.39, 0.29) is 12.3 Å². The molecule has 2 rings (SSSR count). The predicted molar refractivity (Wildman–Crippen MR) is 85.4 cm³/mol. The lowest BCUT2D eigenvalue weighted by atomic mass is 10.0. The van der Waals surface area contributed by atoms with E-state index in [2.05, 4.69) is 0 Å². The topological polar surface area (TPSA) is 29.5 Å². The Morgan fingerprint density at radius 2 is 2.23 bits per heavy atom. The largest absolute Gasteiger partial charge is 0.483 e. The van der Waals surface area contributed by atoms with E-state index in [1.54, 1.807) is 24.3 Å². The van der Waals surface area contributed by atoms with E-state index < -0.39 is 13.0 Å². The highest BCUT2D eigenvalue weighted by atomic mass is 35.5. The summed E-state index contributed by atoms with van der Waals surface area (Å²) in [5.74, 6) is 0.789. The van der Waals surface area contributed by atoms with Gasteiger partial charge in [-0.2, -0.15) is 0 Å². The van der Waals surface area contributed by atoms with E-state index in [4.69, 9.17) is 16.3 Å². The van der Waals surface area contributed by atoms with Gasteiger partial charge in [-0.25, -0.2) is 8.78 Å². The molecule has 1 heterocycles. The van der Waals surface area contributed by atoms with Crippen molar-refractivity contribution in [3.8, 4) is 5.75 Å². The highest BCUT2D eigenvalue weighted by Crippen LogP contribution is 2.33. The second-order valence-electron chi connectivity index (χ2n) is 4.72. The summed E-state index contributed by atoms with van der Waals surface area (Å²) in [4.78, 5) is 13.0. The zero-order chi connectivity index (χ0) is 16.1. The number of alkyl halides is 2. The Morgan fingerprint density at radius 1 is 1.45 bits per heavy atom. The van der Waals surface area contributed by atoms with Gasteiger partial charge in [-0.15, -0.1) is 11.8 Å². The lowest BCUT2D eigenvalue weighted by molar-refractivity contribution is -0.129. The van der Waals surface area contributed by atoms with Crippen molar-refractivity contribution in [2.45, 2.75) is 19.3 Å². The van der Waals surface area contributed by atoms with Crippen LogP contribution in [0, 0.1) is 0 Å². The van der Waals surface area contributed by atoms with Crippen LogP contribution in [0.4, 0.5) is 8.78 Å². The second-order valence-corrected chi connectivity index (χ2v) is 5.94. The molecule has 0 bridgehead atoms. The number of hydrogen-bond donors (Lipinski definition) is 0. The molecule has 0 aliphatic carbocycles. The SMILES string of the molecule is CSCOc1ccc(C2=CCCC(=O)N2CC(F)F)c(Cl)c1. The van der Waals surface area contributed by atoms with E-state index in [1.165, 1.54) is 11.8 Å². The number of halogens is 3. The summed E-state index contributed by atoms with van der Waals surface area (Å²) in [6.45, 7) is -0.619. The van der Waals surface area contributed by atoms with Gasteiger partial charge in [0.15, 0.2) is 0 Å². The fourth-order valence-corrected chi connectivity index (χ4v) is 2.75. The molecule has 0 N–H and O–H groups in total. The molecular formula is C15H16ClF2NO2S. The third-order valence-corrected chi connectivity index (χ3v) is 3.83. The normalized spacial score (nSPS) is 15.2. The smallest absolute Gasteiger partial charge is 0.256 e. The number of hydrogen-bond acceptors (Lipinski definition) is 3. The Morgan fingerprint density at radius 3 is 2.86 bits per heavy atom. The summed E-state index contributed by atoms with van der Waals surface area (Å²) < 4.78 is 30.9. The molecule has 7 heteroatoms. The van der Waals surface area contributed by atoms with E-state index in [0.29, 0.717) is 34.4 Å². The van der Waals surface area contributed by atoms with Crippen LogP contribution in [-0.4, -0.2) is 36.0 Å². The molecule has 0 aromatic heterocycles. The molecule has 3 nitrogen and oxygen atoms in total. The van der Waals surface area contributed by atoms with Gasteiger partial charge >= 0.3 is 0 Å². The van der Waals surface area contributed by atoms with Crippen molar-refractivity contribution in [1.82, 2.24) is 4.90 Å². The first-order valence-corrected chi connectivity index (χ1v) is 8.50. The number of carbonyl (C=O) groups excluding carboxylic acids is 1. The molecule has 120 valence electrons. The van der Waals surface area contributed by atoms with Gasteiger partial charge in [0.25, 0.3) is 6.43 Å². The third kappa shape index (κ3) is 4.14. The van der Waals surface area contributed by atoms with Gasteiger partial charge in [-0.05, 0) is 30.9 Å². The maximum Gasteiger partial charge on any atom is 0.256 e. The van der Waals surface area contributed by atoms with Gasteiger partial charge in [0.1, 0.15) is 11.7 Å². The molecule has 0 atom stereocenters. The standard InChI is InChI=1S/C15H16ClF2NO2S/c1-22-9-21-10-5-6-11(12(16)7-10)13-3-2-4-15(20)19(13)8-14(17)18/h3,5-7,14H,2,4,8-9H2,1H3. The van der Waals surface area contributed by atoms with Crippen LogP contribution < -0.4 is 4.74 Å². The first-order valence-electron chi connectivity index (χ1n) is 6.73. The third-order valence-electron chi connectivity index (χ3n) is 3.17. The van der Waals surface area contributed by atoms with Crippen LogP contribution in [0.1, 0.15) is 18.4 Å². The van der Waals surface area contributed by atoms with E-state index in [0.717, 1.165) is 4.90 Å². The Kier molecular flexibility index (Phi) is 6.08. The zero-order valence-corrected chi connectivity index (χ0v) is 13.6. The maximum absolute atomic E-state index is 12.7. The van der Waals surface area contributed by atoms with E-state index >= 15 is 0 Å². The molecule has 1 aliphatic rings. The summed E-state index contributed by atoms with van der Waals surface area (Å²) in [6, 6.07) is 5.05. The van der Waals surface area contributed by atoms with Gasteiger partial charge in [0.2, 0.25) is 5.91 Å². The van der Waals surface area contributed by atoms with Crippen LogP contribution in [0.3, 0.4) is 0 Å². The van der Waals surface area contributed by atoms with Crippen molar-refractivity contribution < 1.29 is 18.3 Å². The van der Waals surface area contributed by atoms with E-state index in [1.807, 2.05) is 6.26 Å². The number of ether oxygens (including phenoxy) is 1. The molecule has 22 heavy (non-hydrogen) atoms. The van der Waals surface area contributed by atoms with Crippen molar-refractivity contribution in [2.24, 2.45) is 0 Å². The Hall–Kier alpha value is -1.27. The first-order chi connectivity index (χ1) is 10.5. The maximum atomic E-state index is 12.7. The van der Waals surface area contributed by atoms with Gasteiger partial charge in [0, 0.05) is 17.7 Å². The lowest BCUT2D eigenvalue weighted by Gasteiger charge is -2.29. The molecule has 0 saturated heterocycles. The van der Waals surface area contributed by atoms with Crippen LogP contribution in [0.2, 0.25) is 5.02 Å². The number of rotatable bonds is 6. The summed E-state index contributed by atoms with van der Waals surface area (Å²) in [5.41, 5.74) is 1.00. The minimum Gasteiger partial charge on any atom is -0.483 e. The average molecular weight is 348 g/mol. The fourth-order valence-electron chi connectivity index (χ4n) is 2.23. The lowest BCUT2D eigenvalue weighted by Crippen LogP contribution is -2.35. The van der Waals surface area contributed by atoms with Crippen LogP contribution in [0.5, 0.6) is 5.75 Å². The second kappa shape index (κ2) is 7.83. The molecule has 1 aromatic carbocycles. The predicted octanol–water partition coefficient (Wildman–Crippen LogP) is 4.27. The Bertz CT molecular complexity index is 581. The quantitative estimate of drug-likeness (QED) is 0.720. The van der Waals surface area contributed by atoms with Crippen LogP contribution in [-0.2, 0) is 4.79 Å². The highest BCUT2D eigenvalue weighted by molar-refractivity contribution is 7.98. The van der Waals surface area contributed by atoms with Crippen molar-refractivity contribution in [1.29, 1.82) is 0 Å². The molecule has 0 radical (unpaired) electrons. The zero-order valence-electron chi connectivity index (χ0n) is 12.0.